The predicted molar refractivity (Wildman–Crippen MR) is 51.8 cm³/mol. The molecule has 1 aromatic heterocycles. The zero-order valence-corrected chi connectivity index (χ0v) is 8.64. The molecule has 0 spiro atoms. The Morgan fingerprint density at radius 2 is 2.29 bits per heavy atom. The van der Waals surface area contributed by atoms with Crippen molar-refractivity contribution in [1.82, 2.24) is 9.97 Å². The first-order valence-electron chi connectivity index (χ1n) is 4.03. The topological polar surface area (TPSA) is 58.0 Å². The van der Waals surface area contributed by atoms with Crippen LogP contribution in [0.5, 0.6) is 0 Å². The van der Waals surface area contributed by atoms with Crippen LogP contribution in [0, 0.1) is 5.82 Å². The molecule has 0 aliphatic carbocycles. The van der Waals surface area contributed by atoms with E-state index in [9.17, 15) is 9.50 Å². The van der Waals surface area contributed by atoms with Gasteiger partial charge in [-0.25, -0.2) is 9.37 Å². The number of nitrogens with zero attached hydrogens (tertiary/aromatic N) is 2. The third-order valence-corrected chi connectivity index (χ3v) is 1.59. The highest BCUT2D eigenvalue weighted by atomic mass is 35.5. The highest BCUT2D eigenvalue weighted by Gasteiger charge is 2.14. The van der Waals surface area contributed by atoms with Crippen molar-refractivity contribution >= 4 is 17.4 Å². The smallest absolute Gasteiger partial charge is 0.224 e. The van der Waals surface area contributed by atoms with Gasteiger partial charge in [-0.15, -0.1) is 0 Å². The van der Waals surface area contributed by atoms with Gasteiger partial charge in [0, 0.05) is 6.54 Å². The Morgan fingerprint density at radius 3 is 2.86 bits per heavy atom. The highest BCUT2D eigenvalue weighted by Crippen LogP contribution is 2.13. The van der Waals surface area contributed by atoms with Crippen molar-refractivity contribution in [3.8, 4) is 0 Å². The SMILES string of the molecule is CC(C)(O)CNc1nc(Cl)ncc1F. The van der Waals surface area contributed by atoms with Gasteiger partial charge >= 0.3 is 0 Å². The molecule has 78 valence electrons. The van der Waals surface area contributed by atoms with Gasteiger partial charge in [-0.05, 0) is 25.4 Å². The second kappa shape index (κ2) is 4.06. The minimum absolute atomic E-state index is 0.00729. The molecular formula is C8H11ClFN3O. The molecule has 0 fully saturated rings. The fraction of sp³-hybridized carbons (Fsp3) is 0.500. The molecule has 0 amide bonds. The van der Waals surface area contributed by atoms with Crippen LogP contribution in [0.25, 0.3) is 0 Å². The molecular weight excluding hydrogens is 209 g/mol. The summed E-state index contributed by atoms with van der Waals surface area (Å²) in [5, 5.41) is 12.0. The van der Waals surface area contributed by atoms with Crippen LogP contribution in [0.3, 0.4) is 0 Å². The monoisotopic (exact) mass is 219 g/mol. The van der Waals surface area contributed by atoms with Gasteiger partial charge in [0.2, 0.25) is 5.28 Å². The van der Waals surface area contributed by atoms with Gasteiger partial charge in [-0.1, -0.05) is 0 Å². The fourth-order valence-electron chi connectivity index (χ4n) is 0.770. The number of aromatic nitrogens is 2. The first kappa shape index (κ1) is 11.1. The first-order valence-corrected chi connectivity index (χ1v) is 4.40. The van der Waals surface area contributed by atoms with Crippen LogP contribution in [0.15, 0.2) is 6.20 Å². The van der Waals surface area contributed by atoms with Crippen molar-refractivity contribution in [2.75, 3.05) is 11.9 Å². The molecule has 0 bridgehead atoms. The van der Waals surface area contributed by atoms with Crippen LogP contribution in [-0.4, -0.2) is 27.2 Å². The predicted octanol–water partition coefficient (Wildman–Crippen LogP) is 1.45. The molecule has 2 N–H and O–H groups in total. The van der Waals surface area contributed by atoms with Crippen molar-refractivity contribution in [1.29, 1.82) is 0 Å². The van der Waals surface area contributed by atoms with Crippen LogP contribution in [0.2, 0.25) is 5.28 Å². The maximum absolute atomic E-state index is 13.0. The summed E-state index contributed by atoms with van der Waals surface area (Å²) < 4.78 is 13.0. The molecule has 0 radical (unpaired) electrons. The molecule has 0 unspecified atom stereocenters. The Bertz CT molecular complexity index is 327. The van der Waals surface area contributed by atoms with E-state index in [4.69, 9.17) is 11.6 Å². The van der Waals surface area contributed by atoms with E-state index in [0.29, 0.717) is 0 Å². The molecule has 0 saturated heterocycles. The number of rotatable bonds is 3. The summed E-state index contributed by atoms with van der Waals surface area (Å²) in [5.41, 5.74) is -0.941. The van der Waals surface area contributed by atoms with Gasteiger partial charge in [0.15, 0.2) is 11.6 Å². The largest absolute Gasteiger partial charge is 0.389 e. The summed E-state index contributed by atoms with van der Waals surface area (Å²) in [6.07, 6.45) is 0.974. The number of halogens is 2. The number of aliphatic hydroxyl groups is 1. The maximum Gasteiger partial charge on any atom is 0.224 e. The standard InChI is InChI=1S/C8H11ClFN3O/c1-8(2,14)4-12-6-5(10)3-11-7(9)13-6/h3,14H,4H2,1-2H3,(H,11,12,13). The summed E-state index contributed by atoms with van der Waals surface area (Å²) in [6, 6.07) is 0. The quantitative estimate of drug-likeness (QED) is 0.756. The average Bonchev–Trinajstić information content (AvgIpc) is 2.05. The zero-order valence-electron chi connectivity index (χ0n) is 7.88. The lowest BCUT2D eigenvalue weighted by Crippen LogP contribution is -2.30. The molecule has 4 nitrogen and oxygen atoms in total. The number of anilines is 1. The normalized spacial score (nSPS) is 11.5. The lowest BCUT2D eigenvalue weighted by molar-refractivity contribution is 0.0943. The summed E-state index contributed by atoms with van der Waals surface area (Å²) in [4.78, 5) is 7.09. The van der Waals surface area contributed by atoms with Gasteiger partial charge in [-0.3, -0.25) is 0 Å². The number of hydrogen-bond acceptors (Lipinski definition) is 4. The van der Waals surface area contributed by atoms with Gasteiger partial charge < -0.3 is 10.4 Å². The lowest BCUT2D eigenvalue weighted by Gasteiger charge is -2.18. The van der Waals surface area contributed by atoms with Crippen molar-refractivity contribution in [3.05, 3.63) is 17.3 Å². The average molecular weight is 220 g/mol. The molecule has 1 aromatic rings. The molecule has 6 heteroatoms. The van der Waals surface area contributed by atoms with E-state index in [-0.39, 0.29) is 17.6 Å². The molecule has 14 heavy (non-hydrogen) atoms. The second-order valence-corrected chi connectivity index (χ2v) is 3.84. The summed E-state index contributed by atoms with van der Waals surface area (Å²) in [6.45, 7) is 3.37. The van der Waals surface area contributed by atoms with E-state index >= 15 is 0 Å². The third kappa shape index (κ3) is 3.43. The van der Waals surface area contributed by atoms with Crippen molar-refractivity contribution < 1.29 is 9.50 Å². The number of nitrogens with one attached hydrogen (secondary N) is 1. The molecule has 1 heterocycles. The highest BCUT2D eigenvalue weighted by molar-refractivity contribution is 6.28. The molecule has 0 atom stereocenters. The second-order valence-electron chi connectivity index (χ2n) is 3.50. The van der Waals surface area contributed by atoms with Crippen LogP contribution in [-0.2, 0) is 0 Å². The van der Waals surface area contributed by atoms with E-state index in [1.807, 2.05) is 0 Å². The minimum atomic E-state index is -0.941. The van der Waals surface area contributed by atoms with Crippen molar-refractivity contribution in [2.45, 2.75) is 19.4 Å². The van der Waals surface area contributed by atoms with Crippen LogP contribution >= 0.6 is 11.6 Å². The third-order valence-electron chi connectivity index (χ3n) is 1.40. The van der Waals surface area contributed by atoms with Crippen LogP contribution in [0.1, 0.15) is 13.8 Å². The molecule has 0 aliphatic heterocycles. The van der Waals surface area contributed by atoms with Crippen LogP contribution < -0.4 is 5.32 Å². The van der Waals surface area contributed by atoms with Gasteiger partial charge in [0.25, 0.3) is 0 Å². The molecule has 0 aromatic carbocycles. The Balaban J connectivity index is 2.72. The summed E-state index contributed by atoms with van der Waals surface area (Å²) >= 11 is 5.48. The Labute approximate surface area is 86.1 Å². The molecule has 0 aliphatic rings. The zero-order chi connectivity index (χ0) is 10.8. The van der Waals surface area contributed by atoms with E-state index < -0.39 is 11.4 Å². The summed E-state index contributed by atoms with van der Waals surface area (Å²) in [7, 11) is 0. The molecule has 0 saturated carbocycles. The molecule has 1 rings (SSSR count). The van der Waals surface area contributed by atoms with Crippen LogP contribution in [0.4, 0.5) is 10.2 Å². The lowest BCUT2D eigenvalue weighted by atomic mass is 10.1. The van der Waals surface area contributed by atoms with E-state index in [1.54, 1.807) is 13.8 Å². The fourth-order valence-corrected chi connectivity index (χ4v) is 0.903. The van der Waals surface area contributed by atoms with E-state index in [0.717, 1.165) is 6.20 Å². The van der Waals surface area contributed by atoms with Gasteiger partial charge in [0.05, 0.1) is 11.8 Å². The number of hydrogen-bond donors (Lipinski definition) is 2. The Hall–Kier alpha value is -0.940. The Morgan fingerprint density at radius 1 is 1.64 bits per heavy atom. The van der Waals surface area contributed by atoms with Gasteiger partial charge in [0.1, 0.15) is 0 Å². The van der Waals surface area contributed by atoms with Gasteiger partial charge in [-0.2, -0.15) is 4.98 Å². The Kier molecular flexibility index (Phi) is 3.23. The van der Waals surface area contributed by atoms with E-state index in [1.165, 1.54) is 0 Å². The maximum atomic E-state index is 13.0. The van der Waals surface area contributed by atoms with Crippen molar-refractivity contribution in [2.24, 2.45) is 0 Å². The van der Waals surface area contributed by atoms with E-state index in [2.05, 4.69) is 15.3 Å². The minimum Gasteiger partial charge on any atom is -0.389 e. The van der Waals surface area contributed by atoms with Crippen molar-refractivity contribution in [3.63, 3.8) is 0 Å². The summed E-state index contributed by atoms with van der Waals surface area (Å²) in [5.74, 6) is -0.606. The first-order chi connectivity index (χ1) is 6.38.